The number of halogens is 2. The van der Waals surface area contributed by atoms with Gasteiger partial charge in [-0.2, -0.15) is 0 Å². The van der Waals surface area contributed by atoms with E-state index in [4.69, 9.17) is 19.7 Å². The van der Waals surface area contributed by atoms with Crippen molar-refractivity contribution in [2.45, 2.75) is 13.5 Å². The number of nitrogens with zero attached hydrogens (tertiary/aromatic N) is 2. The average Bonchev–Trinajstić information content (AvgIpc) is 2.45. The van der Waals surface area contributed by atoms with E-state index in [1.807, 2.05) is 43.3 Å². The van der Waals surface area contributed by atoms with Gasteiger partial charge in [0.2, 0.25) is 0 Å². The number of benzene rings is 1. The molecule has 6 heteroatoms. The standard InChI is InChI=1S/C14H14N2O.2ClH.V/c1-11-5-4-6-12(14(11)17)9-15-10-13-7-2-3-8-16-13;;;/h2-9,17H,10H2,1H3;2*1H;/q;;;+2/p-2. The van der Waals surface area contributed by atoms with Crippen LogP contribution in [-0.2, 0) is 20.9 Å². The summed E-state index contributed by atoms with van der Waals surface area (Å²) in [5, 5.41) is 9.79. The zero-order chi connectivity index (χ0) is 14.8. The van der Waals surface area contributed by atoms with Crippen molar-refractivity contribution in [1.82, 2.24) is 4.98 Å². The van der Waals surface area contributed by atoms with Crippen LogP contribution < -0.4 is 0 Å². The van der Waals surface area contributed by atoms with Gasteiger partial charge in [-0.15, -0.1) is 0 Å². The summed E-state index contributed by atoms with van der Waals surface area (Å²) in [7, 11) is 9.72. The van der Waals surface area contributed by atoms with Crippen molar-refractivity contribution >= 4 is 25.9 Å². The van der Waals surface area contributed by atoms with Gasteiger partial charge in [0.1, 0.15) is 5.75 Å². The van der Waals surface area contributed by atoms with Crippen molar-refractivity contribution in [2.75, 3.05) is 0 Å². The number of pyridine rings is 1. The molecule has 1 aromatic heterocycles. The topological polar surface area (TPSA) is 45.5 Å². The van der Waals surface area contributed by atoms with Gasteiger partial charge < -0.3 is 5.11 Å². The SMILES string of the molecule is Cc1cccc(C=NCc2ccccn2)c1O.[Cl][V][Cl]. The van der Waals surface area contributed by atoms with E-state index in [0.29, 0.717) is 6.54 Å². The molecule has 0 aliphatic heterocycles. The van der Waals surface area contributed by atoms with Crippen molar-refractivity contribution in [3.05, 3.63) is 59.4 Å². The fourth-order valence-electron chi connectivity index (χ4n) is 1.52. The maximum atomic E-state index is 9.79. The third kappa shape index (κ3) is 5.97. The van der Waals surface area contributed by atoms with Crippen LogP contribution in [0.5, 0.6) is 5.75 Å². The van der Waals surface area contributed by atoms with Gasteiger partial charge in [0.25, 0.3) is 0 Å². The molecule has 2 aromatic rings. The molecule has 1 N–H and O–H groups in total. The summed E-state index contributed by atoms with van der Waals surface area (Å²) >= 11 is -0.368. The minimum absolute atomic E-state index is 0.289. The van der Waals surface area contributed by atoms with E-state index in [1.54, 1.807) is 12.4 Å². The maximum absolute atomic E-state index is 9.79. The van der Waals surface area contributed by atoms with Gasteiger partial charge >= 0.3 is 34.1 Å². The molecule has 0 spiro atoms. The Labute approximate surface area is 134 Å². The number of aryl methyl sites for hydroxylation is 1. The molecule has 20 heavy (non-hydrogen) atoms. The van der Waals surface area contributed by atoms with E-state index in [-0.39, 0.29) is 20.1 Å². The molecule has 105 valence electrons. The van der Waals surface area contributed by atoms with E-state index in [1.165, 1.54) is 0 Å². The monoisotopic (exact) mass is 347 g/mol. The molecule has 0 amide bonds. The minimum atomic E-state index is -0.368. The third-order valence-electron chi connectivity index (χ3n) is 2.48. The molecular formula is C14H14Cl2N2OV. The fourth-order valence-corrected chi connectivity index (χ4v) is 1.52. The van der Waals surface area contributed by atoms with Crippen LogP contribution in [0.25, 0.3) is 0 Å². The number of aliphatic imine (C=N–C) groups is 1. The van der Waals surface area contributed by atoms with E-state index in [9.17, 15) is 5.11 Å². The van der Waals surface area contributed by atoms with Gasteiger partial charge in [0, 0.05) is 18.0 Å². The van der Waals surface area contributed by atoms with Crippen LogP contribution >= 0.6 is 19.7 Å². The number of rotatable bonds is 3. The summed E-state index contributed by atoms with van der Waals surface area (Å²) in [6, 6.07) is 11.3. The number of aromatic nitrogens is 1. The summed E-state index contributed by atoms with van der Waals surface area (Å²) in [6.45, 7) is 2.39. The Kier molecular flexibility index (Phi) is 8.39. The Morgan fingerprint density at radius 2 is 2.00 bits per heavy atom. The molecule has 0 fully saturated rings. The molecule has 0 aliphatic carbocycles. The van der Waals surface area contributed by atoms with Crippen molar-refractivity contribution < 1.29 is 19.5 Å². The molecule has 1 aromatic carbocycles. The zero-order valence-corrected chi connectivity index (χ0v) is 13.8. The molecule has 0 atom stereocenters. The normalized spacial score (nSPS) is 9.95. The third-order valence-corrected chi connectivity index (χ3v) is 2.48. The molecule has 0 radical (unpaired) electrons. The van der Waals surface area contributed by atoms with Gasteiger partial charge in [-0.25, -0.2) is 0 Å². The molecule has 0 saturated heterocycles. The van der Waals surface area contributed by atoms with Crippen LogP contribution in [0.3, 0.4) is 0 Å². The second kappa shape index (κ2) is 9.84. The molecule has 0 saturated carbocycles. The number of phenolic OH excluding ortho intramolecular Hbond substituents is 1. The first kappa shape index (κ1) is 17.1. The number of hydrogen-bond acceptors (Lipinski definition) is 3. The van der Waals surface area contributed by atoms with Gasteiger partial charge in [-0.05, 0) is 30.7 Å². The van der Waals surface area contributed by atoms with Crippen LogP contribution in [-0.4, -0.2) is 16.3 Å². The van der Waals surface area contributed by atoms with Crippen molar-refractivity contribution in [1.29, 1.82) is 0 Å². The summed E-state index contributed by atoms with van der Waals surface area (Å²) in [4.78, 5) is 8.44. The predicted octanol–water partition coefficient (Wildman–Crippen LogP) is 4.09. The molecule has 0 bridgehead atoms. The molecule has 1 heterocycles. The Hall–Kier alpha value is -0.996. The first-order valence-electron chi connectivity index (χ1n) is 5.79. The van der Waals surface area contributed by atoms with E-state index in [2.05, 4.69) is 9.98 Å². The zero-order valence-electron chi connectivity index (χ0n) is 10.9. The summed E-state index contributed by atoms with van der Waals surface area (Å²) in [5.41, 5.74) is 2.50. The second-order valence-corrected chi connectivity index (χ2v) is 6.17. The average molecular weight is 348 g/mol. The van der Waals surface area contributed by atoms with Gasteiger partial charge in [-0.1, -0.05) is 18.2 Å². The Morgan fingerprint density at radius 3 is 2.65 bits per heavy atom. The second-order valence-electron chi connectivity index (χ2n) is 3.87. The number of aromatic hydroxyl groups is 1. The summed E-state index contributed by atoms with van der Waals surface area (Å²) in [5.74, 6) is 0.289. The number of hydrogen-bond donors (Lipinski definition) is 1. The molecule has 0 aliphatic rings. The molecular weight excluding hydrogens is 334 g/mol. The van der Waals surface area contributed by atoms with Crippen LogP contribution in [0, 0.1) is 6.92 Å². The fraction of sp³-hybridized carbons (Fsp3) is 0.143. The van der Waals surface area contributed by atoms with Gasteiger partial charge in [0.05, 0.1) is 12.2 Å². The van der Waals surface area contributed by atoms with Crippen LogP contribution in [0.2, 0.25) is 0 Å². The predicted molar refractivity (Wildman–Crippen MR) is 80.1 cm³/mol. The van der Waals surface area contributed by atoms with Crippen molar-refractivity contribution in [2.24, 2.45) is 4.99 Å². The first-order valence-corrected chi connectivity index (χ1v) is 9.64. The Bertz CT molecular complexity index is 550. The van der Waals surface area contributed by atoms with E-state index in [0.717, 1.165) is 16.8 Å². The van der Waals surface area contributed by atoms with Gasteiger partial charge in [0.15, 0.2) is 0 Å². The van der Waals surface area contributed by atoms with Crippen LogP contribution in [0.4, 0.5) is 0 Å². The first-order chi connectivity index (χ1) is 9.69. The summed E-state index contributed by atoms with van der Waals surface area (Å²) in [6.07, 6.45) is 3.42. The molecule has 2 rings (SSSR count). The van der Waals surface area contributed by atoms with Crippen molar-refractivity contribution in [3.8, 4) is 5.75 Å². The van der Waals surface area contributed by atoms with Crippen molar-refractivity contribution in [3.63, 3.8) is 0 Å². The van der Waals surface area contributed by atoms with Crippen LogP contribution in [0.15, 0.2) is 47.6 Å². The number of para-hydroxylation sites is 1. The number of phenols is 1. The Balaban J connectivity index is 0.000000612. The molecule has 3 nitrogen and oxygen atoms in total. The van der Waals surface area contributed by atoms with E-state index >= 15 is 0 Å². The van der Waals surface area contributed by atoms with Crippen LogP contribution in [0.1, 0.15) is 16.8 Å². The Morgan fingerprint density at radius 1 is 1.25 bits per heavy atom. The van der Waals surface area contributed by atoms with E-state index < -0.39 is 0 Å². The summed E-state index contributed by atoms with van der Waals surface area (Å²) < 4.78 is 0. The quantitative estimate of drug-likeness (QED) is 0.850. The van der Waals surface area contributed by atoms with Gasteiger partial charge in [-0.3, -0.25) is 9.98 Å². The molecule has 0 unspecified atom stereocenters.